The molecule has 0 radical (unpaired) electrons. The van der Waals surface area contributed by atoms with Crippen LogP contribution in [0.2, 0.25) is 0 Å². The molecule has 0 atom stereocenters. The Kier molecular flexibility index (Phi) is 4.12. The van der Waals surface area contributed by atoms with Crippen molar-refractivity contribution in [2.45, 2.75) is 27.0 Å². The van der Waals surface area contributed by atoms with E-state index in [1.807, 2.05) is 38.1 Å². The minimum atomic E-state index is -0.178. The van der Waals surface area contributed by atoms with Crippen LogP contribution in [0.5, 0.6) is 5.75 Å². The van der Waals surface area contributed by atoms with Gasteiger partial charge in [-0.1, -0.05) is 10.4 Å². The van der Waals surface area contributed by atoms with Gasteiger partial charge in [-0.2, -0.15) is 0 Å². The fourth-order valence-corrected chi connectivity index (χ4v) is 2.51. The topological polar surface area (TPSA) is 86.2 Å². The van der Waals surface area contributed by atoms with Crippen molar-refractivity contribution in [3.8, 4) is 17.0 Å². The maximum atomic E-state index is 9.56. The van der Waals surface area contributed by atoms with Crippen molar-refractivity contribution in [2.75, 3.05) is 7.11 Å². The number of aromatic nitrogens is 4. The van der Waals surface area contributed by atoms with Crippen molar-refractivity contribution in [3.05, 3.63) is 47.0 Å². The van der Waals surface area contributed by atoms with Gasteiger partial charge >= 0.3 is 0 Å². The third-order valence-corrected chi connectivity index (χ3v) is 3.81. The zero-order chi connectivity index (χ0) is 16.4. The van der Waals surface area contributed by atoms with Gasteiger partial charge in [0.25, 0.3) is 0 Å². The summed E-state index contributed by atoms with van der Waals surface area (Å²) < 4.78 is 12.1. The molecule has 7 nitrogen and oxygen atoms in total. The molecule has 0 fully saturated rings. The summed E-state index contributed by atoms with van der Waals surface area (Å²) in [6, 6.07) is 7.56. The number of aliphatic hydroxyl groups excluding tert-OH is 1. The second-order valence-corrected chi connectivity index (χ2v) is 5.23. The maximum absolute atomic E-state index is 9.56. The Balaban J connectivity index is 2.03. The van der Waals surface area contributed by atoms with Crippen LogP contribution in [-0.2, 0) is 13.2 Å². The summed E-state index contributed by atoms with van der Waals surface area (Å²) >= 11 is 0. The van der Waals surface area contributed by atoms with E-state index in [0.717, 1.165) is 34.0 Å². The lowest BCUT2D eigenvalue weighted by atomic mass is 10.1. The standard InChI is InChI=1S/C16H18N4O3/c1-10-14(11(2)23-18-10)8-20-16(15(9-21)17-19-20)12-4-6-13(22-3)7-5-12/h4-7,21H,8-9H2,1-3H3. The highest BCUT2D eigenvalue weighted by Gasteiger charge is 2.18. The second-order valence-electron chi connectivity index (χ2n) is 5.23. The maximum Gasteiger partial charge on any atom is 0.138 e. The number of benzene rings is 1. The smallest absolute Gasteiger partial charge is 0.138 e. The quantitative estimate of drug-likeness (QED) is 0.776. The van der Waals surface area contributed by atoms with E-state index in [4.69, 9.17) is 9.26 Å². The lowest BCUT2D eigenvalue weighted by Crippen LogP contribution is -2.06. The van der Waals surface area contributed by atoms with Crippen LogP contribution in [-0.4, -0.2) is 32.4 Å². The molecule has 0 saturated heterocycles. The molecule has 2 heterocycles. The number of hydrogen-bond donors (Lipinski definition) is 1. The average Bonchev–Trinajstić information content (AvgIpc) is 3.13. The van der Waals surface area contributed by atoms with Crippen LogP contribution in [0.15, 0.2) is 28.8 Å². The normalized spacial score (nSPS) is 11.0. The summed E-state index contributed by atoms with van der Waals surface area (Å²) in [5.74, 6) is 1.52. The molecule has 23 heavy (non-hydrogen) atoms. The van der Waals surface area contributed by atoms with Crippen LogP contribution in [0.3, 0.4) is 0 Å². The van der Waals surface area contributed by atoms with Crippen molar-refractivity contribution < 1.29 is 14.4 Å². The number of methoxy groups -OCH3 is 1. The Labute approximate surface area is 133 Å². The van der Waals surface area contributed by atoms with E-state index in [1.165, 1.54) is 0 Å². The van der Waals surface area contributed by atoms with Gasteiger partial charge in [-0.25, -0.2) is 4.68 Å². The molecular formula is C16H18N4O3. The summed E-state index contributed by atoms with van der Waals surface area (Å²) in [6.45, 7) is 4.06. The molecule has 0 bridgehead atoms. The minimum Gasteiger partial charge on any atom is -0.497 e. The van der Waals surface area contributed by atoms with E-state index in [1.54, 1.807) is 11.8 Å². The molecule has 0 spiro atoms. The van der Waals surface area contributed by atoms with Crippen molar-refractivity contribution in [1.82, 2.24) is 20.2 Å². The van der Waals surface area contributed by atoms with Crippen LogP contribution in [0, 0.1) is 13.8 Å². The third kappa shape index (κ3) is 2.83. The summed E-state index contributed by atoms with van der Waals surface area (Å²) in [5.41, 5.74) is 4.00. The molecule has 1 aromatic carbocycles. The molecule has 0 unspecified atom stereocenters. The van der Waals surface area contributed by atoms with Crippen molar-refractivity contribution in [2.24, 2.45) is 0 Å². The average molecular weight is 314 g/mol. The molecule has 3 aromatic rings. The van der Waals surface area contributed by atoms with Crippen molar-refractivity contribution in [1.29, 1.82) is 0 Å². The molecule has 0 saturated carbocycles. The highest BCUT2D eigenvalue weighted by molar-refractivity contribution is 5.63. The molecular weight excluding hydrogens is 296 g/mol. The first-order valence-electron chi connectivity index (χ1n) is 7.23. The van der Waals surface area contributed by atoms with E-state index in [0.29, 0.717) is 12.2 Å². The number of hydrogen-bond acceptors (Lipinski definition) is 6. The molecule has 1 N–H and O–H groups in total. The molecule has 3 rings (SSSR count). The van der Waals surface area contributed by atoms with Crippen molar-refractivity contribution >= 4 is 0 Å². The van der Waals surface area contributed by atoms with Crippen molar-refractivity contribution in [3.63, 3.8) is 0 Å². The lowest BCUT2D eigenvalue weighted by molar-refractivity contribution is 0.277. The first kappa shape index (κ1) is 15.2. The summed E-state index contributed by atoms with van der Waals surface area (Å²) in [5, 5.41) is 21.8. The molecule has 7 heteroatoms. The van der Waals surface area contributed by atoms with Gasteiger partial charge < -0.3 is 14.4 Å². The fourth-order valence-electron chi connectivity index (χ4n) is 2.51. The zero-order valence-corrected chi connectivity index (χ0v) is 13.3. The van der Waals surface area contributed by atoms with Crippen LogP contribution in [0.4, 0.5) is 0 Å². The first-order valence-corrected chi connectivity index (χ1v) is 7.23. The molecule has 120 valence electrons. The van der Waals surface area contributed by atoms with Gasteiger partial charge in [0.15, 0.2) is 0 Å². The summed E-state index contributed by atoms with van der Waals surface area (Å²) in [7, 11) is 1.62. The van der Waals surface area contributed by atoms with Gasteiger partial charge in [-0.3, -0.25) is 0 Å². The van der Waals surface area contributed by atoms with E-state index in [-0.39, 0.29) is 6.61 Å². The van der Waals surface area contributed by atoms with E-state index >= 15 is 0 Å². The van der Waals surface area contributed by atoms with Gasteiger partial charge in [0.05, 0.1) is 31.6 Å². The Bertz CT molecular complexity index is 786. The minimum absolute atomic E-state index is 0.178. The van der Waals surface area contributed by atoms with Crippen LogP contribution < -0.4 is 4.74 Å². The SMILES string of the molecule is COc1ccc(-c2c(CO)nnn2Cc2c(C)noc2C)cc1. The Hall–Kier alpha value is -2.67. The van der Waals surface area contributed by atoms with E-state index in [9.17, 15) is 5.11 Å². The second kappa shape index (κ2) is 6.21. The van der Waals surface area contributed by atoms with Gasteiger partial charge in [0.2, 0.25) is 0 Å². The fraction of sp³-hybridized carbons (Fsp3) is 0.312. The van der Waals surface area contributed by atoms with E-state index in [2.05, 4.69) is 15.5 Å². The largest absolute Gasteiger partial charge is 0.497 e. The van der Waals surface area contributed by atoms with Gasteiger partial charge in [0.1, 0.15) is 17.2 Å². The van der Waals surface area contributed by atoms with Gasteiger partial charge in [-0.05, 0) is 38.1 Å². The molecule has 0 amide bonds. The number of rotatable bonds is 5. The highest BCUT2D eigenvalue weighted by Crippen LogP contribution is 2.26. The first-order chi connectivity index (χ1) is 11.1. The monoisotopic (exact) mass is 314 g/mol. The highest BCUT2D eigenvalue weighted by atomic mass is 16.5. The Morgan fingerprint density at radius 3 is 2.52 bits per heavy atom. The molecule has 0 aliphatic heterocycles. The van der Waals surface area contributed by atoms with Crippen LogP contribution in [0.25, 0.3) is 11.3 Å². The number of ether oxygens (including phenoxy) is 1. The van der Waals surface area contributed by atoms with Gasteiger partial charge in [0, 0.05) is 11.1 Å². The Morgan fingerprint density at radius 1 is 1.22 bits per heavy atom. The number of aliphatic hydroxyl groups is 1. The predicted octanol–water partition coefficient (Wildman–Crippen LogP) is 2.10. The van der Waals surface area contributed by atoms with Crippen LogP contribution in [0.1, 0.15) is 22.7 Å². The molecule has 2 aromatic heterocycles. The summed E-state index contributed by atoms with van der Waals surface area (Å²) in [4.78, 5) is 0. The molecule has 0 aliphatic carbocycles. The molecule has 0 aliphatic rings. The van der Waals surface area contributed by atoms with Gasteiger partial charge in [-0.15, -0.1) is 5.10 Å². The third-order valence-electron chi connectivity index (χ3n) is 3.81. The number of nitrogens with zero attached hydrogens (tertiary/aromatic N) is 4. The van der Waals surface area contributed by atoms with Crippen LogP contribution >= 0.6 is 0 Å². The zero-order valence-electron chi connectivity index (χ0n) is 13.3. The lowest BCUT2D eigenvalue weighted by Gasteiger charge is -2.08. The predicted molar refractivity (Wildman–Crippen MR) is 83.0 cm³/mol. The summed E-state index contributed by atoms with van der Waals surface area (Å²) in [6.07, 6.45) is 0. The Morgan fingerprint density at radius 2 is 1.96 bits per heavy atom. The number of aryl methyl sites for hydroxylation is 2. The van der Waals surface area contributed by atoms with E-state index < -0.39 is 0 Å².